The molecule has 10 nitrogen and oxygen atoms in total. The van der Waals surface area contributed by atoms with Gasteiger partial charge in [0.15, 0.2) is 0 Å². The molecule has 1 aliphatic heterocycles. The molecule has 0 aromatic carbocycles. The van der Waals surface area contributed by atoms with Crippen LogP contribution in [0.4, 0.5) is 17.5 Å². The van der Waals surface area contributed by atoms with Gasteiger partial charge >= 0.3 is 0 Å². The fourth-order valence-corrected chi connectivity index (χ4v) is 3.45. The molecule has 1 amide bonds. The van der Waals surface area contributed by atoms with Gasteiger partial charge in [-0.05, 0) is 31.5 Å². The predicted octanol–water partition coefficient (Wildman–Crippen LogP) is 0.772. The molecule has 1 fully saturated rings. The molecular formula is C19H27N7O3S. The number of anilines is 3. The zero-order valence-corrected chi connectivity index (χ0v) is 18.5. The molecule has 0 radical (unpaired) electrons. The molecule has 11 heteroatoms. The predicted molar refractivity (Wildman–Crippen MR) is 115 cm³/mol. The Bertz CT molecular complexity index is 1020. The summed E-state index contributed by atoms with van der Waals surface area (Å²) in [6.07, 6.45) is 2.83. The Kier molecular flexibility index (Phi) is 6.52. The third-order valence-corrected chi connectivity index (χ3v) is 6.14. The van der Waals surface area contributed by atoms with E-state index in [1.807, 2.05) is 32.0 Å². The van der Waals surface area contributed by atoms with Crippen LogP contribution in [0.25, 0.3) is 0 Å². The van der Waals surface area contributed by atoms with Crippen molar-refractivity contribution in [1.82, 2.24) is 24.2 Å². The van der Waals surface area contributed by atoms with E-state index in [-0.39, 0.29) is 12.5 Å². The number of nitrogens with one attached hydrogen (secondary N) is 1. The Morgan fingerprint density at radius 1 is 1.13 bits per heavy atom. The molecule has 30 heavy (non-hydrogen) atoms. The number of hydrogen-bond acceptors (Lipinski definition) is 8. The number of rotatable bonds is 6. The van der Waals surface area contributed by atoms with Gasteiger partial charge < -0.3 is 15.1 Å². The monoisotopic (exact) mass is 433 g/mol. The molecule has 162 valence electrons. The molecule has 0 aliphatic carbocycles. The molecule has 0 saturated carbocycles. The quantitative estimate of drug-likeness (QED) is 0.711. The van der Waals surface area contributed by atoms with Gasteiger partial charge in [0.05, 0.1) is 12.8 Å². The van der Waals surface area contributed by atoms with Gasteiger partial charge in [0.25, 0.3) is 0 Å². The zero-order valence-electron chi connectivity index (χ0n) is 17.7. The zero-order chi connectivity index (χ0) is 21.9. The summed E-state index contributed by atoms with van der Waals surface area (Å²) >= 11 is 0. The smallest absolute Gasteiger partial charge is 0.238 e. The number of aromatic nitrogens is 3. The van der Waals surface area contributed by atoms with Crippen LogP contribution in [0.5, 0.6) is 0 Å². The number of pyridine rings is 1. The molecule has 0 unspecified atom stereocenters. The number of aryl methyl sites for hydroxylation is 2. The first-order chi connectivity index (χ1) is 14.1. The fraction of sp³-hybridized carbons (Fsp3) is 0.474. The fourth-order valence-electron chi connectivity index (χ4n) is 3.11. The van der Waals surface area contributed by atoms with Crippen LogP contribution in [0.3, 0.4) is 0 Å². The lowest BCUT2D eigenvalue weighted by Gasteiger charge is -2.36. The maximum Gasteiger partial charge on any atom is 0.238 e. The lowest BCUT2D eigenvalue weighted by atomic mass is 10.3. The number of sulfonamides is 1. The Morgan fingerprint density at radius 2 is 1.83 bits per heavy atom. The summed E-state index contributed by atoms with van der Waals surface area (Å²) in [5.74, 6) is 2.58. The van der Waals surface area contributed by atoms with E-state index in [9.17, 15) is 13.2 Å². The topological polar surface area (TPSA) is 112 Å². The molecule has 2 aromatic heterocycles. The number of carbonyl (C=O) groups excluding carboxylic acids is 1. The van der Waals surface area contributed by atoms with Crippen LogP contribution in [-0.4, -0.2) is 84.5 Å². The van der Waals surface area contributed by atoms with Crippen LogP contribution in [-0.2, 0) is 14.8 Å². The summed E-state index contributed by atoms with van der Waals surface area (Å²) in [6, 6.07) is 5.73. The van der Waals surface area contributed by atoms with Crippen molar-refractivity contribution in [2.24, 2.45) is 0 Å². The first-order valence-electron chi connectivity index (χ1n) is 9.61. The van der Waals surface area contributed by atoms with Crippen LogP contribution >= 0.6 is 0 Å². The first kappa shape index (κ1) is 21.9. The van der Waals surface area contributed by atoms with Crippen LogP contribution in [0.2, 0.25) is 0 Å². The van der Waals surface area contributed by atoms with Crippen molar-refractivity contribution in [2.75, 3.05) is 56.2 Å². The van der Waals surface area contributed by atoms with E-state index in [0.29, 0.717) is 43.6 Å². The van der Waals surface area contributed by atoms with Gasteiger partial charge in [-0.1, -0.05) is 0 Å². The average molecular weight is 434 g/mol. The molecule has 3 heterocycles. The van der Waals surface area contributed by atoms with E-state index < -0.39 is 10.0 Å². The summed E-state index contributed by atoms with van der Waals surface area (Å²) < 4.78 is 24.1. The van der Waals surface area contributed by atoms with Crippen molar-refractivity contribution < 1.29 is 13.2 Å². The molecule has 1 N–H and O–H groups in total. The number of likely N-dealkylation sites (N-methyl/N-ethyl adjacent to an activating group) is 1. The number of piperazine rings is 1. The number of nitrogens with zero attached hydrogens (tertiary/aromatic N) is 6. The van der Waals surface area contributed by atoms with Crippen molar-refractivity contribution in [1.29, 1.82) is 0 Å². The standard InChI is InChI=1S/C19H27N7O3S/c1-14-5-6-20-16(11-14)23-17-12-18(22-15(2)21-17)25-7-9-26(10-8-25)19(27)13-24(3)30(4,28)29/h5-6,11-12H,7-10,13H2,1-4H3,(H,20,21,22,23). The summed E-state index contributed by atoms with van der Waals surface area (Å²) in [5.41, 5.74) is 1.10. The number of carbonyl (C=O) groups is 1. The number of amides is 1. The minimum atomic E-state index is -3.38. The Balaban J connectivity index is 1.64. The highest BCUT2D eigenvalue weighted by Crippen LogP contribution is 2.20. The molecule has 1 aliphatic rings. The molecule has 2 aromatic rings. The maximum atomic E-state index is 12.4. The summed E-state index contributed by atoms with van der Waals surface area (Å²) in [6.45, 7) is 5.89. The summed E-state index contributed by atoms with van der Waals surface area (Å²) in [4.78, 5) is 29.4. The van der Waals surface area contributed by atoms with Crippen LogP contribution < -0.4 is 10.2 Å². The molecule has 0 bridgehead atoms. The Hall–Kier alpha value is -2.79. The van der Waals surface area contributed by atoms with Gasteiger partial charge in [0.1, 0.15) is 23.3 Å². The van der Waals surface area contributed by atoms with Crippen molar-refractivity contribution in [3.63, 3.8) is 0 Å². The Labute approximate surface area is 177 Å². The van der Waals surface area contributed by atoms with Gasteiger partial charge in [-0.25, -0.2) is 23.4 Å². The minimum Gasteiger partial charge on any atom is -0.353 e. The minimum absolute atomic E-state index is 0.150. The highest BCUT2D eigenvalue weighted by molar-refractivity contribution is 7.88. The molecular weight excluding hydrogens is 406 g/mol. The third-order valence-electron chi connectivity index (χ3n) is 4.88. The van der Waals surface area contributed by atoms with E-state index in [0.717, 1.165) is 21.9 Å². The van der Waals surface area contributed by atoms with E-state index >= 15 is 0 Å². The summed E-state index contributed by atoms with van der Waals surface area (Å²) in [5, 5.41) is 3.21. The second kappa shape index (κ2) is 8.92. The molecule has 1 saturated heterocycles. The van der Waals surface area contributed by atoms with Crippen molar-refractivity contribution in [2.45, 2.75) is 13.8 Å². The van der Waals surface area contributed by atoms with Crippen molar-refractivity contribution in [3.8, 4) is 0 Å². The maximum absolute atomic E-state index is 12.4. The van der Waals surface area contributed by atoms with Crippen LogP contribution in [0.1, 0.15) is 11.4 Å². The van der Waals surface area contributed by atoms with E-state index in [2.05, 4.69) is 25.2 Å². The lowest BCUT2D eigenvalue weighted by Crippen LogP contribution is -2.51. The van der Waals surface area contributed by atoms with Gasteiger partial charge in [-0.2, -0.15) is 4.31 Å². The summed E-state index contributed by atoms with van der Waals surface area (Å²) in [7, 11) is -1.97. The van der Waals surface area contributed by atoms with Gasteiger partial charge in [0.2, 0.25) is 15.9 Å². The van der Waals surface area contributed by atoms with Crippen molar-refractivity contribution in [3.05, 3.63) is 35.8 Å². The first-order valence-corrected chi connectivity index (χ1v) is 11.5. The second-order valence-corrected chi connectivity index (χ2v) is 9.48. The van der Waals surface area contributed by atoms with Gasteiger partial charge in [0, 0.05) is 45.5 Å². The highest BCUT2D eigenvalue weighted by atomic mass is 32.2. The SMILES string of the molecule is Cc1ccnc(Nc2cc(N3CCN(C(=O)CN(C)S(C)(=O)=O)CC3)nc(C)n2)c1. The highest BCUT2D eigenvalue weighted by Gasteiger charge is 2.25. The third kappa shape index (κ3) is 5.63. The Morgan fingerprint density at radius 3 is 2.47 bits per heavy atom. The van der Waals surface area contributed by atoms with E-state index in [1.165, 1.54) is 7.05 Å². The van der Waals surface area contributed by atoms with Gasteiger partial charge in [-0.3, -0.25) is 4.79 Å². The van der Waals surface area contributed by atoms with Crippen molar-refractivity contribution >= 4 is 33.4 Å². The molecule has 3 rings (SSSR count). The van der Waals surface area contributed by atoms with E-state index in [4.69, 9.17) is 0 Å². The van der Waals surface area contributed by atoms with Crippen LogP contribution in [0.15, 0.2) is 24.4 Å². The average Bonchev–Trinajstić information content (AvgIpc) is 2.67. The second-order valence-electron chi connectivity index (χ2n) is 7.39. The van der Waals surface area contributed by atoms with E-state index in [1.54, 1.807) is 11.1 Å². The van der Waals surface area contributed by atoms with Crippen LogP contribution in [0, 0.1) is 13.8 Å². The van der Waals surface area contributed by atoms with Gasteiger partial charge in [-0.15, -0.1) is 0 Å². The lowest BCUT2D eigenvalue weighted by molar-refractivity contribution is -0.131. The molecule has 0 spiro atoms. The number of hydrogen-bond donors (Lipinski definition) is 1. The largest absolute Gasteiger partial charge is 0.353 e. The normalized spacial score (nSPS) is 14.8. The molecule has 0 atom stereocenters.